The average molecular weight is 474 g/mol. The fourth-order valence-corrected chi connectivity index (χ4v) is 7.66. The number of rotatable bonds is 6. The Hall–Kier alpha value is -0.660. The van der Waals surface area contributed by atoms with Crippen LogP contribution in [0.1, 0.15) is 59.8 Å². The summed E-state index contributed by atoms with van der Waals surface area (Å²) in [7, 11) is -0.678. The highest BCUT2D eigenvalue weighted by Gasteiger charge is 2.43. The molecule has 0 aromatic heterocycles. The molecule has 7 unspecified atom stereocenters. The van der Waals surface area contributed by atoms with Crippen molar-refractivity contribution >= 4 is 34.2 Å². The summed E-state index contributed by atoms with van der Waals surface area (Å²) in [6.07, 6.45) is 4.43. The summed E-state index contributed by atoms with van der Waals surface area (Å²) in [4.78, 5) is 28.1. The van der Waals surface area contributed by atoms with Crippen molar-refractivity contribution in [1.82, 2.24) is 15.5 Å². The normalized spacial score (nSPS) is 41.6. The van der Waals surface area contributed by atoms with Crippen molar-refractivity contribution in [1.29, 1.82) is 0 Å². The van der Waals surface area contributed by atoms with E-state index in [1.165, 1.54) is 0 Å². The molecule has 0 radical (unpaired) electrons. The second kappa shape index (κ2) is 11.0. The van der Waals surface area contributed by atoms with Crippen LogP contribution in [0.15, 0.2) is 0 Å². The summed E-state index contributed by atoms with van der Waals surface area (Å²) in [6, 6.07) is 0.878. The zero-order chi connectivity index (χ0) is 22.7. The minimum absolute atomic E-state index is 0.0264. The lowest BCUT2D eigenvalue weighted by Gasteiger charge is -2.47. The van der Waals surface area contributed by atoms with Gasteiger partial charge in [-0.2, -0.15) is 0 Å². The van der Waals surface area contributed by atoms with Gasteiger partial charge in [0.15, 0.2) is 0 Å². The Labute approximate surface area is 195 Å². The minimum atomic E-state index is -0.678. The van der Waals surface area contributed by atoms with Crippen LogP contribution in [0, 0.1) is 23.7 Å². The molecule has 3 fully saturated rings. The van der Waals surface area contributed by atoms with Gasteiger partial charge in [0.1, 0.15) is 0 Å². The van der Waals surface area contributed by atoms with E-state index in [4.69, 9.17) is 11.6 Å². The number of piperidine rings is 1. The van der Waals surface area contributed by atoms with Gasteiger partial charge in [-0.3, -0.25) is 18.7 Å². The topological polar surface area (TPSA) is 78.5 Å². The lowest BCUT2D eigenvalue weighted by molar-refractivity contribution is -0.132. The van der Waals surface area contributed by atoms with Gasteiger partial charge >= 0.3 is 0 Å². The van der Waals surface area contributed by atoms with Gasteiger partial charge in [-0.1, -0.05) is 20.8 Å². The van der Waals surface area contributed by atoms with Crippen LogP contribution in [0.3, 0.4) is 0 Å². The van der Waals surface area contributed by atoms with Crippen LogP contribution in [-0.4, -0.2) is 69.0 Å². The lowest BCUT2D eigenvalue weighted by atomic mass is 9.74. The van der Waals surface area contributed by atoms with Crippen molar-refractivity contribution in [2.24, 2.45) is 23.7 Å². The Morgan fingerprint density at radius 2 is 1.87 bits per heavy atom. The van der Waals surface area contributed by atoms with Crippen molar-refractivity contribution in [3.05, 3.63) is 0 Å². The molecule has 0 bridgehead atoms. The summed E-state index contributed by atoms with van der Waals surface area (Å²) >= 11 is 6.67. The Morgan fingerprint density at radius 3 is 2.48 bits per heavy atom. The van der Waals surface area contributed by atoms with Gasteiger partial charge in [0, 0.05) is 58.3 Å². The minimum Gasteiger partial charge on any atom is -0.355 e. The number of nitrogens with one attached hydrogen (secondary N) is 2. The van der Waals surface area contributed by atoms with Gasteiger partial charge in [0.25, 0.3) is 0 Å². The van der Waals surface area contributed by atoms with Crippen molar-refractivity contribution in [2.75, 3.05) is 24.6 Å². The quantitative estimate of drug-likeness (QED) is 0.581. The molecule has 0 aromatic carbocycles. The molecule has 1 saturated carbocycles. The number of alkyl halides is 1. The molecule has 3 rings (SSSR count). The summed E-state index contributed by atoms with van der Waals surface area (Å²) < 4.78 is 11.8. The Kier molecular flexibility index (Phi) is 8.84. The Morgan fingerprint density at radius 1 is 1.19 bits per heavy atom. The molecule has 2 aliphatic heterocycles. The van der Waals surface area contributed by atoms with E-state index in [0.29, 0.717) is 19.0 Å². The monoisotopic (exact) mass is 473 g/mol. The summed E-state index contributed by atoms with van der Waals surface area (Å²) in [6.45, 7) is 9.79. The molecule has 2 saturated heterocycles. The van der Waals surface area contributed by atoms with E-state index in [-0.39, 0.29) is 52.9 Å². The van der Waals surface area contributed by atoms with Gasteiger partial charge < -0.3 is 10.6 Å². The SMILES string of the molecule is CCN(C1CCS(=O)CC1)C1CC(Cl)CC(C(=O)NCC2C(=O)NC(C)CC2C)C1C. The van der Waals surface area contributed by atoms with Crippen LogP contribution in [-0.2, 0) is 20.4 Å². The van der Waals surface area contributed by atoms with Gasteiger partial charge in [-0.15, -0.1) is 11.6 Å². The van der Waals surface area contributed by atoms with E-state index in [1.54, 1.807) is 0 Å². The van der Waals surface area contributed by atoms with Gasteiger partial charge in [0.05, 0.1) is 5.92 Å². The highest BCUT2D eigenvalue weighted by Crippen LogP contribution is 2.38. The second-order valence-electron chi connectivity index (χ2n) is 9.99. The fraction of sp³-hybridized carbons (Fsp3) is 0.913. The molecule has 7 atom stereocenters. The number of hydrogen-bond donors (Lipinski definition) is 2. The fourth-order valence-electron chi connectivity index (χ4n) is 6.02. The highest BCUT2D eigenvalue weighted by molar-refractivity contribution is 7.85. The summed E-state index contributed by atoms with van der Waals surface area (Å²) in [5, 5.41) is 6.08. The van der Waals surface area contributed by atoms with Crippen molar-refractivity contribution in [3.63, 3.8) is 0 Å². The van der Waals surface area contributed by atoms with E-state index in [2.05, 4.69) is 36.3 Å². The molecule has 8 heteroatoms. The average Bonchev–Trinajstić information content (AvgIpc) is 2.71. The molecular weight excluding hydrogens is 434 g/mol. The van der Waals surface area contributed by atoms with Crippen LogP contribution in [0.25, 0.3) is 0 Å². The molecule has 1 aliphatic carbocycles. The number of carbonyl (C=O) groups is 2. The Bertz CT molecular complexity index is 668. The lowest BCUT2D eigenvalue weighted by Crippen LogP contribution is -2.56. The second-order valence-corrected chi connectivity index (χ2v) is 12.3. The number of nitrogens with zero attached hydrogens (tertiary/aromatic N) is 1. The van der Waals surface area contributed by atoms with Crippen LogP contribution in [0.5, 0.6) is 0 Å². The van der Waals surface area contributed by atoms with Crippen molar-refractivity contribution in [3.8, 4) is 0 Å². The molecule has 2 N–H and O–H groups in total. The number of carbonyl (C=O) groups excluding carboxylic acids is 2. The molecule has 178 valence electrons. The first kappa shape index (κ1) is 25.0. The maximum absolute atomic E-state index is 13.2. The van der Waals surface area contributed by atoms with E-state index in [1.807, 2.05) is 6.92 Å². The third-order valence-corrected chi connectivity index (χ3v) is 9.58. The summed E-state index contributed by atoms with van der Waals surface area (Å²) in [5.74, 6) is 1.76. The number of amides is 2. The van der Waals surface area contributed by atoms with Gasteiger partial charge in [-0.05, 0) is 57.4 Å². The first-order valence-corrected chi connectivity index (χ1v) is 14.0. The standard InChI is InChI=1S/C23H40ClN3O3S/c1-5-27(18-6-8-31(30)9-7-18)21-12-17(24)11-19(16(21)4)22(28)25-13-20-14(2)10-15(3)26-23(20)29/h14-21H,5-13H2,1-4H3,(H,25,28)(H,26,29). The van der Waals surface area contributed by atoms with Gasteiger partial charge in [0.2, 0.25) is 11.8 Å². The van der Waals surface area contributed by atoms with E-state index in [0.717, 1.165) is 43.7 Å². The third kappa shape index (κ3) is 6.02. The molecular formula is C23H40ClN3O3S. The molecule has 3 aliphatic rings. The van der Waals surface area contributed by atoms with Crippen LogP contribution >= 0.6 is 11.6 Å². The zero-order valence-corrected chi connectivity index (χ0v) is 21.0. The third-order valence-electron chi connectivity index (χ3n) is 7.84. The molecule has 0 aromatic rings. The maximum atomic E-state index is 13.2. The molecule has 31 heavy (non-hydrogen) atoms. The smallest absolute Gasteiger partial charge is 0.225 e. The van der Waals surface area contributed by atoms with Crippen molar-refractivity contribution < 1.29 is 13.8 Å². The first-order chi connectivity index (χ1) is 14.7. The molecule has 0 spiro atoms. The molecule has 2 amide bonds. The maximum Gasteiger partial charge on any atom is 0.225 e. The predicted octanol–water partition coefficient (Wildman–Crippen LogP) is 2.52. The number of hydrogen-bond acceptors (Lipinski definition) is 4. The van der Waals surface area contributed by atoms with E-state index in [9.17, 15) is 13.8 Å². The molecule has 6 nitrogen and oxygen atoms in total. The predicted molar refractivity (Wildman–Crippen MR) is 126 cm³/mol. The van der Waals surface area contributed by atoms with Gasteiger partial charge in [-0.25, -0.2) is 0 Å². The zero-order valence-electron chi connectivity index (χ0n) is 19.4. The summed E-state index contributed by atoms with van der Waals surface area (Å²) in [5.41, 5.74) is 0. The highest BCUT2D eigenvalue weighted by atomic mass is 35.5. The Balaban J connectivity index is 1.63. The van der Waals surface area contributed by atoms with E-state index >= 15 is 0 Å². The van der Waals surface area contributed by atoms with Crippen LogP contribution < -0.4 is 10.6 Å². The number of halogens is 1. The van der Waals surface area contributed by atoms with Crippen LogP contribution in [0.2, 0.25) is 0 Å². The van der Waals surface area contributed by atoms with Crippen LogP contribution in [0.4, 0.5) is 0 Å². The largest absolute Gasteiger partial charge is 0.355 e. The molecule has 2 heterocycles. The van der Waals surface area contributed by atoms with E-state index < -0.39 is 10.8 Å². The first-order valence-electron chi connectivity index (χ1n) is 12.0. The van der Waals surface area contributed by atoms with Crippen molar-refractivity contribution in [2.45, 2.75) is 83.3 Å².